The molecule has 0 aliphatic heterocycles. The molecule has 0 amide bonds. The lowest BCUT2D eigenvalue weighted by molar-refractivity contribution is 0.0732. The Morgan fingerprint density at radius 2 is 2.04 bits per heavy atom. The number of nitrogens with zero attached hydrogens (tertiary/aromatic N) is 2. The average Bonchev–Trinajstić information content (AvgIpc) is 3.12. The van der Waals surface area contributed by atoms with E-state index in [9.17, 15) is 0 Å². The van der Waals surface area contributed by atoms with Crippen molar-refractivity contribution in [3.05, 3.63) is 42.3 Å². The molecule has 2 N–H and O–H groups in total. The van der Waals surface area contributed by atoms with Gasteiger partial charge in [-0.15, -0.1) is 24.0 Å². The van der Waals surface area contributed by atoms with E-state index in [1.165, 1.54) is 19.3 Å². The molecule has 0 atom stereocenters. The first-order valence-electron chi connectivity index (χ1n) is 9.18. The molecule has 27 heavy (non-hydrogen) atoms. The lowest BCUT2D eigenvalue weighted by Crippen LogP contribution is -2.46. The number of ether oxygens (including phenoxy) is 1. The fraction of sp³-hybridized carbons (Fsp3) is 0.500. The highest BCUT2D eigenvalue weighted by Crippen LogP contribution is 2.43. The quantitative estimate of drug-likeness (QED) is 0.339. The Kier molecular flexibility index (Phi) is 8.56. The lowest BCUT2D eigenvalue weighted by atomic mass is 9.67. The number of nitrogens with one attached hydrogen (secondary N) is 2. The number of halogens is 1. The van der Waals surface area contributed by atoms with E-state index < -0.39 is 0 Å². The summed E-state index contributed by atoms with van der Waals surface area (Å²) in [7, 11) is 3.55. The highest BCUT2D eigenvalue weighted by molar-refractivity contribution is 14.0. The minimum atomic E-state index is 0. The van der Waals surface area contributed by atoms with Crippen LogP contribution in [0, 0.1) is 5.41 Å². The number of hydrogen-bond donors (Lipinski definition) is 2. The molecule has 6 nitrogen and oxygen atoms in total. The van der Waals surface area contributed by atoms with Crippen molar-refractivity contribution in [3.63, 3.8) is 0 Å². The van der Waals surface area contributed by atoms with E-state index in [0.717, 1.165) is 36.8 Å². The zero-order valence-electron chi connectivity index (χ0n) is 16.0. The summed E-state index contributed by atoms with van der Waals surface area (Å²) >= 11 is 0. The van der Waals surface area contributed by atoms with Gasteiger partial charge in [0, 0.05) is 32.9 Å². The molecule has 2 aromatic rings. The zero-order valence-corrected chi connectivity index (χ0v) is 18.4. The maximum Gasteiger partial charge on any atom is 0.226 e. The molecule has 0 spiro atoms. The molecule has 7 heteroatoms. The van der Waals surface area contributed by atoms with E-state index in [2.05, 4.69) is 20.6 Å². The van der Waals surface area contributed by atoms with Crippen molar-refractivity contribution in [1.82, 2.24) is 15.6 Å². The van der Waals surface area contributed by atoms with Gasteiger partial charge < -0.3 is 19.8 Å². The van der Waals surface area contributed by atoms with Gasteiger partial charge in [-0.05, 0) is 36.8 Å². The predicted molar refractivity (Wildman–Crippen MR) is 118 cm³/mol. The van der Waals surface area contributed by atoms with E-state index in [-0.39, 0.29) is 24.0 Å². The van der Waals surface area contributed by atoms with Gasteiger partial charge in [0.2, 0.25) is 5.89 Å². The summed E-state index contributed by atoms with van der Waals surface area (Å²) < 4.78 is 10.8. The monoisotopic (exact) mass is 484 g/mol. The fourth-order valence-electron chi connectivity index (χ4n) is 3.28. The molecule has 1 aromatic carbocycles. The number of guanidine groups is 1. The fourth-order valence-corrected chi connectivity index (χ4v) is 3.28. The molecule has 1 aromatic heterocycles. The molecule has 1 aliphatic carbocycles. The second kappa shape index (κ2) is 10.7. The first-order valence-corrected chi connectivity index (χ1v) is 9.18. The molecule has 0 unspecified atom stereocenters. The average molecular weight is 484 g/mol. The number of oxazole rings is 1. The van der Waals surface area contributed by atoms with Gasteiger partial charge in [-0.3, -0.25) is 4.99 Å². The van der Waals surface area contributed by atoms with Crippen molar-refractivity contribution in [2.24, 2.45) is 10.4 Å². The smallest absolute Gasteiger partial charge is 0.226 e. The van der Waals surface area contributed by atoms with E-state index >= 15 is 0 Å². The SMILES string of the molecule is CN=C(NCc1coc(-c2ccccc2)n1)NCC1(CCOC)CCC1.I. The Bertz CT molecular complexity index is 714. The maximum atomic E-state index is 5.58. The molecule has 0 radical (unpaired) electrons. The Labute approximate surface area is 178 Å². The molecule has 3 rings (SSSR count). The van der Waals surface area contributed by atoms with Crippen molar-refractivity contribution in [2.75, 3.05) is 27.3 Å². The Morgan fingerprint density at radius 1 is 1.26 bits per heavy atom. The molecule has 0 bridgehead atoms. The van der Waals surface area contributed by atoms with Crippen LogP contribution >= 0.6 is 24.0 Å². The second-order valence-corrected chi connectivity index (χ2v) is 6.89. The maximum absolute atomic E-state index is 5.58. The van der Waals surface area contributed by atoms with Gasteiger partial charge in [0.25, 0.3) is 0 Å². The summed E-state index contributed by atoms with van der Waals surface area (Å²) in [5.74, 6) is 1.43. The number of methoxy groups -OCH3 is 1. The minimum Gasteiger partial charge on any atom is -0.444 e. The van der Waals surface area contributed by atoms with Gasteiger partial charge in [0.1, 0.15) is 6.26 Å². The number of aromatic nitrogens is 1. The number of benzene rings is 1. The van der Waals surface area contributed by atoms with E-state index in [0.29, 0.717) is 17.9 Å². The molecule has 148 valence electrons. The third-order valence-corrected chi connectivity index (χ3v) is 5.11. The van der Waals surface area contributed by atoms with Crippen LogP contribution in [0.25, 0.3) is 11.5 Å². The predicted octanol–water partition coefficient (Wildman–Crippen LogP) is 3.83. The van der Waals surface area contributed by atoms with Gasteiger partial charge in [0.05, 0.1) is 12.2 Å². The van der Waals surface area contributed by atoms with Gasteiger partial charge >= 0.3 is 0 Å². The topological polar surface area (TPSA) is 71.7 Å². The van der Waals surface area contributed by atoms with Gasteiger partial charge in [-0.2, -0.15) is 0 Å². The molecule has 1 saturated carbocycles. The van der Waals surface area contributed by atoms with Crippen LogP contribution < -0.4 is 10.6 Å². The van der Waals surface area contributed by atoms with Gasteiger partial charge in [-0.25, -0.2) is 4.98 Å². The van der Waals surface area contributed by atoms with Crippen LogP contribution in [0.1, 0.15) is 31.4 Å². The summed E-state index contributed by atoms with van der Waals surface area (Å²) in [6, 6.07) is 9.90. The van der Waals surface area contributed by atoms with E-state index in [1.54, 1.807) is 20.4 Å². The lowest BCUT2D eigenvalue weighted by Gasteiger charge is -2.42. The normalized spacial score (nSPS) is 15.6. The summed E-state index contributed by atoms with van der Waals surface area (Å²) in [6.45, 7) is 2.31. The Balaban J connectivity index is 0.00000261. The van der Waals surface area contributed by atoms with Crippen molar-refractivity contribution in [3.8, 4) is 11.5 Å². The van der Waals surface area contributed by atoms with Gasteiger partial charge in [0.15, 0.2) is 5.96 Å². The molecule has 0 saturated heterocycles. The van der Waals surface area contributed by atoms with Crippen molar-refractivity contribution < 1.29 is 9.15 Å². The first-order chi connectivity index (χ1) is 12.7. The minimum absolute atomic E-state index is 0. The third kappa shape index (κ3) is 5.93. The third-order valence-electron chi connectivity index (χ3n) is 5.11. The van der Waals surface area contributed by atoms with Crippen LogP contribution in [0.2, 0.25) is 0 Å². The van der Waals surface area contributed by atoms with Crippen molar-refractivity contribution >= 4 is 29.9 Å². The van der Waals surface area contributed by atoms with Crippen LogP contribution in [0.15, 0.2) is 46.0 Å². The van der Waals surface area contributed by atoms with E-state index in [1.807, 2.05) is 30.3 Å². The summed E-state index contributed by atoms with van der Waals surface area (Å²) in [5, 5.41) is 6.77. The molecule has 1 aliphatic rings. The van der Waals surface area contributed by atoms with Crippen LogP contribution in [-0.2, 0) is 11.3 Å². The van der Waals surface area contributed by atoms with Crippen molar-refractivity contribution in [1.29, 1.82) is 0 Å². The van der Waals surface area contributed by atoms with Gasteiger partial charge in [-0.1, -0.05) is 24.6 Å². The number of aliphatic imine (C=N–C) groups is 1. The summed E-state index contributed by atoms with van der Waals surface area (Å²) in [5.41, 5.74) is 2.18. The Morgan fingerprint density at radius 3 is 2.67 bits per heavy atom. The van der Waals surface area contributed by atoms with Crippen LogP contribution in [0.4, 0.5) is 0 Å². The summed E-state index contributed by atoms with van der Waals surface area (Å²) in [6.07, 6.45) is 6.60. The number of hydrogen-bond acceptors (Lipinski definition) is 4. The van der Waals surface area contributed by atoms with Crippen LogP contribution in [0.3, 0.4) is 0 Å². The van der Waals surface area contributed by atoms with Crippen molar-refractivity contribution in [2.45, 2.75) is 32.2 Å². The molecule has 1 heterocycles. The highest BCUT2D eigenvalue weighted by atomic mass is 127. The standard InChI is InChI=1S/C20H28N4O2.HI/c1-21-19(23-15-20(9-6-10-20)11-12-25-2)22-13-17-14-26-18(24-17)16-7-4-3-5-8-16;/h3-5,7-8,14H,6,9-13,15H2,1-2H3,(H2,21,22,23);1H. The van der Waals surface area contributed by atoms with E-state index in [4.69, 9.17) is 9.15 Å². The first kappa shape index (κ1) is 21.7. The summed E-state index contributed by atoms with van der Waals surface area (Å²) in [4.78, 5) is 8.85. The molecular formula is C20H29IN4O2. The largest absolute Gasteiger partial charge is 0.444 e. The highest BCUT2D eigenvalue weighted by Gasteiger charge is 2.36. The molecule has 1 fully saturated rings. The number of rotatable bonds is 8. The second-order valence-electron chi connectivity index (χ2n) is 6.89. The zero-order chi connectivity index (χ0) is 18.2. The van der Waals surface area contributed by atoms with Crippen LogP contribution in [0.5, 0.6) is 0 Å². The Hall–Kier alpha value is -1.61. The molecular weight excluding hydrogens is 455 g/mol. The van der Waals surface area contributed by atoms with Crippen LogP contribution in [-0.4, -0.2) is 38.3 Å².